The Labute approximate surface area is 51.8 Å². The van der Waals surface area contributed by atoms with Crippen LogP contribution < -0.4 is 14.7 Å². The van der Waals surface area contributed by atoms with E-state index in [4.69, 9.17) is 19.2 Å². The van der Waals surface area contributed by atoms with Gasteiger partial charge in [0.05, 0.1) is 0 Å². The predicted molar refractivity (Wildman–Crippen MR) is 8.29 cm³/mol. The minimum absolute atomic E-state index is 0. The SMILES string of the molecule is O=P([O-])([O-])[O-].[O-2].[V+5]. The van der Waals surface area contributed by atoms with Crippen LogP contribution >= 0.6 is 7.82 Å². The first-order valence-corrected chi connectivity index (χ1v) is 2.19. The molecule has 0 radical (unpaired) electrons. The molecule has 7 heteroatoms. The van der Waals surface area contributed by atoms with E-state index in [2.05, 4.69) is 0 Å². The van der Waals surface area contributed by atoms with Gasteiger partial charge in [0.15, 0.2) is 0 Å². The second-order valence-electron chi connectivity index (χ2n) is 0.447. The third kappa shape index (κ3) is 337. The van der Waals surface area contributed by atoms with Gasteiger partial charge in [-0.1, -0.05) is 0 Å². The van der Waals surface area contributed by atoms with Gasteiger partial charge < -0.3 is 24.7 Å². The quantitative estimate of drug-likeness (QED) is 0.354. The van der Waals surface area contributed by atoms with Crippen molar-refractivity contribution in [3.63, 3.8) is 0 Å². The largest absolute Gasteiger partial charge is 5.00 e. The third-order valence-corrected chi connectivity index (χ3v) is 0. The molecule has 0 aliphatic carbocycles. The number of hydrogen-bond donors (Lipinski definition) is 0. The maximum atomic E-state index is 8.55. The van der Waals surface area contributed by atoms with E-state index >= 15 is 0 Å². The first-order chi connectivity index (χ1) is 2.00. The number of phosphoric acid groups is 1. The minimum Gasteiger partial charge on any atom is -2.00 e. The van der Waals surface area contributed by atoms with Gasteiger partial charge in [0.25, 0.3) is 0 Å². The summed E-state index contributed by atoms with van der Waals surface area (Å²) in [6.07, 6.45) is 0. The summed E-state index contributed by atoms with van der Waals surface area (Å²) in [6.45, 7) is 0. The molecule has 0 amide bonds. The average molecular weight is 162 g/mol. The molecule has 40 valence electrons. The van der Waals surface area contributed by atoms with Crippen LogP contribution in [0.3, 0.4) is 0 Å². The molecule has 0 aromatic rings. The van der Waals surface area contributed by atoms with Crippen molar-refractivity contribution in [2.45, 2.75) is 0 Å². The summed E-state index contributed by atoms with van der Waals surface area (Å²) in [5.41, 5.74) is 0. The van der Waals surface area contributed by atoms with Gasteiger partial charge in [-0.3, -0.25) is 0 Å². The van der Waals surface area contributed by atoms with Gasteiger partial charge in [-0.25, -0.2) is 0 Å². The molecule has 0 heterocycles. The standard InChI is InChI=1S/H3O4P.O.V/c1-5(2,3)4;;/h(H3,1,2,3,4);;/q;-2;+5/p-3. The molecule has 0 atom stereocenters. The van der Waals surface area contributed by atoms with Crippen LogP contribution in [0.4, 0.5) is 0 Å². The zero-order valence-electron chi connectivity index (χ0n) is 2.94. The van der Waals surface area contributed by atoms with E-state index in [9.17, 15) is 0 Å². The van der Waals surface area contributed by atoms with E-state index in [0.29, 0.717) is 0 Å². The Morgan fingerprint density at radius 1 is 1.14 bits per heavy atom. The van der Waals surface area contributed by atoms with Crippen molar-refractivity contribution in [3.05, 3.63) is 0 Å². The molecule has 0 saturated carbocycles. The second-order valence-corrected chi connectivity index (χ2v) is 1.34. The smallest absolute Gasteiger partial charge is 2.00 e. The van der Waals surface area contributed by atoms with Gasteiger partial charge in [0.1, 0.15) is 0 Å². The van der Waals surface area contributed by atoms with Crippen LogP contribution in [-0.4, -0.2) is 0 Å². The number of rotatable bonds is 0. The molecule has 0 bridgehead atoms. The van der Waals surface area contributed by atoms with E-state index in [1.165, 1.54) is 0 Å². The summed E-state index contributed by atoms with van der Waals surface area (Å²) >= 11 is 0. The van der Waals surface area contributed by atoms with Gasteiger partial charge in [0, 0.05) is 0 Å². The Morgan fingerprint density at radius 2 is 1.14 bits per heavy atom. The van der Waals surface area contributed by atoms with Crippen LogP contribution in [0.2, 0.25) is 0 Å². The molecule has 0 spiro atoms. The minimum atomic E-state index is -5.39. The zero-order valence-corrected chi connectivity index (χ0v) is 5.23. The van der Waals surface area contributed by atoms with Crippen LogP contribution in [0.1, 0.15) is 0 Å². The Bertz CT molecular complexity index is 54.2. The van der Waals surface area contributed by atoms with E-state index in [1.54, 1.807) is 0 Å². The molecular formula is O5PV. The topological polar surface area (TPSA) is 115 Å². The molecule has 0 saturated heterocycles. The van der Waals surface area contributed by atoms with Crippen LogP contribution in [-0.2, 0) is 28.6 Å². The normalized spacial score (nSPS) is 8.43. The van der Waals surface area contributed by atoms with Crippen molar-refractivity contribution in [2.24, 2.45) is 0 Å². The monoisotopic (exact) mass is 162 g/mol. The maximum absolute atomic E-state index is 8.55. The Kier molecular flexibility index (Phi) is 10.7. The number of hydrogen-bond acceptors (Lipinski definition) is 4. The van der Waals surface area contributed by atoms with Crippen LogP contribution in [0.15, 0.2) is 0 Å². The summed E-state index contributed by atoms with van der Waals surface area (Å²) in [5, 5.41) is 0. The Balaban J connectivity index is -0.0000000800. The van der Waals surface area contributed by atoms with Crippen LogP contribution in [0.5, 0.6) is 0 Å². The summed E-state index contributed by atoms with van der Waals surface area (Å²) in [4.78, 5) is 25.6. The molecule has 0 fully saturated rings. The van der Waals surface area contributed by atoms with Gasteiger partial charge in [-0.2, -0.15) is 7.82 Å². The average Bonchev–Trinajstić information content (AvgIpc) is 0.722. The molecule has 7 heavy (non-hydrogen) atoms. The fraction of sp³-hybridized carbons (Fsp3) is 0. The molecule has 0 aromatic carbocycles. The van der Waals surface area contributed by atoms with Gasteiger partial charge in [-0.15, -0.1) is 0 Å². The molecule has 0 aliphatic heterocycles. The van der Waals surface area contributed by atoms with Crippen molar-refractivity contribution in [2.75, 3.05) is 0 Å². The van der Waals surface area contributed by atoms with Crippen molar-refractivity contribution < 1.29 is 43.3 Å². The fourth-order valence-corrected chi connectivity index (χ4v) is 0. The second kappa shape index (κ2) is 4.80. The molecular weight excluding hydrogens is 162 g/mol. The molecule has 0 unspecified atom stereocenters. The molecule has 0 aromatic heterocycles. The Morgan fingerprint density at radius 3 is 1.14 bits per heavy atom. The van der Waals surface area contributed by atoms with E-state index in [0.717, 1.165) is 0 Å². The van der Waals surface area contributed by atoms with E-state index in [1.807, 2.05) is 0 Å². The first-order valence-electron chi connectivity index (χ1n) is 0.730. The van der Waals surface area contributed by atoms with Gasteiger partial charge in [-0.05, 0) is 0 Å². The van der Waals surface area contributed by atoms with Crippen LogP contribution in [0.25, 0.3) is 0 Å². The Hall–Kier alpha value is 0.654. The van der Waals surface area contributed by atoms with Gasteiger partial charge in [0.2, 0.25) is 0 Å². The summed E-state index contributed by atoms with van der Waals surface area (Å²) in [7, 11) is -5.39. The summed E-state index contributed by atoms with van der Waals surface area (Å²) < 4.78 is 8.55. The zero-order chi connectivity index (χ0) is 4.50. The van der Waals surface area contributed by atoms with Crippen molar-refractivity contribution in [3.8, 4) is 0 Å². The van der Waals surface area contributed by atoms with Gasteiger partial charge >= 0.3 is 18.6 Å². The summed E-state index contributed by atoms with van der Waals surface area (Å²) in [5.74, 6) is 0. The molecule has 5 nitrogen and oxygen atoms in total. The fourth-order valence-electron chi connectivity index (χ4n) is 0. The van der Waals surface area contributed by atoms with Crippen molar-refractivity contribution >= 4 is 7.82 Å². The third-order valence-electron chi connectivity index (χ3n) is 0. The predicted octanol–water partition coefficient (Wildman–Crippen LogP) is -2.95. The van der Waals surface area contributed by atoms with Crippen molar-refractivity contribution in [1.29, 1.82) is 0 Å². The maximum Gasteiger partial charge on any atom is 5.00 e. The van der Waals surface area contributed by atoms with Crippen molar-refractivity contribution in [1.82, 2.24) is 0 Å². The molecule has 0 aliphatic rings. The molecule has 0 N–H and O–H groups in total. The first kappa shape index (κ1) is 15.6. The van der Waals surface area contributed by atoms with Crippen LogP contribution in [0, 0.1) is 0 Å². The summed E-state index contributed by atoms with van der Waals surface area (Å²) in [6, 6.07) is 0. The van der Waals surface area contributed by atoms with E-state index in [-0.39, 0.29) is 24.0 Å². The van der Waals surface area contributed by atoms with E-state index < -0.39 is 7.82 Å². The molecule has 0 rings (SSSR count).